The first-order chi connectivity index (χ1) is 7.89. The van der Waals surface area contributed by atoms with Gasteiger partial charge in [-0.05, 0) is 38.5 Å². The maximum atomic E-state index is 5.76. The third-order valence-corrected chi connectivity index (χ3v) is 2.67. The van der Waals surface area contributed by atoms with Crippen LogP contribution in [0.4, 0.5) is 5.69 Å². The molecular weight excluding hydrogens is 218 g/mol. The second-order valence-corrected chi connectivity index (χ2v) is 4.95. The summed E-state index contributed by atoms with van der Waals surface area (Å²) >= 11 is 0. The smallest absolute Gasteiger partial charge is 0.192 e. The number of rotatable bonds is 3. The van der Waals surface area contributed by atoms with Crippen molar-refractivity contribution in [2.75, 3.05) is 12.3 Å². The first-order valence-corrected chi connectivity index (χ1v) is 5.71. The van der Waals surface area contributed by atoms with E-state index in [1.165, 1.54) is 0 Å². The molecule has 1 saturated heterocycles. The lowest BCUT2D eigenvalue weighted by Crippen LogP contribution is -2.33. The Morgan fingerprint density at radius 3 is 2.41 bits per heavy atom. The predicted molar refractivity (Wildman–Crippen MR) is 65.2 cm³/mol. The van der Waals surface area contributed by atoms with Gasteiger partial charge in [0, 0.05) is 5.69 Å². The molecule has 1 atom stereocenters. The largest absolute Gasteiger partial charge is 0.399 e. The number of nitrogens with two attached hydrogens (primary N) is 1. The first kappa shape index (κ1) is 12.4. The predicted octanol–water partition coefficient (Wildman–Crippen LogP) is 2.28. The molecule has 17 heavy (non-hydrogen) atoms. The molecule has 0 bridgehead atoms. The van der Waals surface area contributed by atoms with Gasteiger partial charge in [0.25, 0.3) is 0 Å². The highest BCUT2D eigenvalue weighted by atomic mass is 16.8. The lowest BCUT2D eigenvalue weighted by atomic mass is 10.2. The molecule has 0 spiro atoms. The average Bonchev–Trinajstić information content (AvgIpc) is 2.53. The number of hydrogen-bond donors (Lipinski definition) is 1. The Morgan fingerprint density at radius 1 is 1.24 bits per heavy atom. The number of nitrogen functional groups attached to an aromatic ring is 1. The van der Waals surface area contributed by atoms with Crippen LogP contribution in [0.15, 0.2) is 24.3 Å². The quantitative estimate of drug-likeness (QED) is 0.819. The molecule has 0 unspecified atom stereocenters. The van der Waals surface area contributed by atoms with Gasteiger partial charge in [-0.2, -0.15) is 0 Å². The van der Waals surface area contributed by atoms with Gasteiger partial charge in [-0.3, -0.25) is 0 Å². The summed E-state index contributed by atoms with van der Waals surface area (Å²) in [6.45, 7) is 6.57. The third kappa shape index (κ3) is 3.19. The van der Waals surface area contributed by atoms with E-state index in [2.05, 4.69) is 0 Å². The van der Waals surface area contributed by atoms with Crippen molar-refractivity contribution < 1.29 is 14.2 Å². The van der Waals surface area contributed by atoms with Gasteiger partial charge in [-0.25, -0.2) is 0 Å². The summed E-state index contributed by atoms with van der Waals surface area (Å²) in [5.74, 6) is -1.25. The highest BCUT2D eigenvalue weighted by molar-refractivity contribution is 5.39. The van der Waals surface area contributed by atoms with Gasteiger partial charge in [0.05, 0.1) is 6.61 Å². The summed E-state index contributed by atoms with van der Waals surface area (Å²) in [6.07, 6.45) is 0. The van der Waals surface area contributed by atoms with Gasteiger partial charge in [0.15, 0.2) is 11.6 Å². The van der Waals surface area contributed by atoms with Gasteiger partial charge >= 0.3 is 0 Å². The molecule has 1 aromatic rings. The highest BCUT2D eigenvalue weighted by Gasteiger charge is 2.42. The Hall–Kier alpha value is -1.10. The minimum atomic E-state index is -0.676. The topological polar surface area (TPSA) is 53.7 Å². The Bertz CT molecular complexity index is 388. The lowest BCUT2D eigenvalue weighted by Gasteiger charge is -2.25. The minimum Gasteiger partial charge on any atom is -0.399 e. The molecule has 1 fully saturated rings. The second kappa shape index (κ2) is 4.29. The molecule has 1 aliphatic rings. The molecule has 2 rings (SSSR count). The van der Waals surface area contributed by atoms with Crippen LogP contribution in [0.1, 0.15) is 26.3 Å². The summed E-state index contributed by atoms with van der Waals surface area (Å²) in [5.41, 5.74) is 7.44. The summed E-state index contributed by atoms with van der Waals surface area (Å²) in [6, 6.07) is 7.60. The summed E-state index contributed by atoms with van der Waals surface area (Å²) in [5, 5.41) is 0. The van der Waals surface area contributed by atoms with Gasteiger partial charge in [-0.1, -0.05) is 12.1 Å². The number of hydrogen-bond acceptors (Lipinski definition) is 4. The fourth-order valence-corrected chi connectivity index (χ4v) is 1.80. The first-order valence-electron chi connectivity index (χ1n) is 5.71. The molecule has 1 heterocycles. The Morgan fingerprint density at radius 2 is 1.88 bits per heavy atom. The van der Waals surface area contributed by atoms with Crippen molar-refractivity contribution in [2.45, 2.75) is 39.0 Å². The Labute approximate surface area is 102 Å². The van der Waals surface area contributed by atoms with Crippen molar-refractivity contribution in [3.8, 4) is 0 Å². The molecular formula is C13H19NO3. The van der Waals surface area contributed by atoms with Crippen molar-refractivity contribution in [3.05, 3.63) is 29.8 Å². The summed E-state index contributed by atoms with van der Waals surface area (Å²) < 4.78 is 17.0. The van der Waals surface area contributed by atoms with Crippen LogP contribution in [0.5, 0.6) is 0 Å². The van der Waals surface area contributed by atoms with Crippen LogP contribution in [-0.4, -0.2) is 18.2 Å². The van der Waals surface area contributed by atoms with Crippen LogP contribution in [0.25, 0.3) is 0 Å². The summed E-state index contributed by atoms with van der Waals surface area (Å²) in [4.78, 5) is 0. The molecule has 0 aliphatic carbocycles. The van der Waals surface area contributed by atoms with Crippen molar-refractivity contribution in [3.63, 3.8) is 0 Å². The van der Waals surface area contributed by atoms with Gasteiger partial charge in [0.1, 0.15) is 6.61 Å². The molecule has 94 valence electrons. The van der Waals surface area contributed by atoms with Crippen LogP contribution in [0, 0.1) is 0 Å². The Kier molecular flexibility index (Phi) is 3.12. The van der Waals surface area contributed by atoms with E-state index < -0.39 is 11.6 Å². The maximum absolute atomic E-state index is 5.76. The fourth-order valence-electron chi connectivity index (χ4n) is 1.80. The maximum Gasteiger partial charge on any atom is 0.192 e. The van der Waals surface area contributed by atoms with E-state index in [0.29, 0.717) is 13.2 Å². The van der Waals surface area contributed by atoms with Crippen molar-refractivity contribution in [1.29, 1.82) is 0 Å². The SMILES string of the molecule is CC1(C)OC[C@@](C)(OCc2ccc(N)cc2)O1. The van der Waals surface area contributed by atoms with Crippen molar-refractivity contribution in [1.82, 2.24) is 0 Å². The van der Waals surface area contributed by atoms with Crippen LogP contribution in [-0.2, 0) is 20.8 Å². The van der Waals surface area contributed by atoms with Crippen molar-refractivity contribution in [2.24, 2.45) is 0 Å². The molecule has 4 heteroatoms. The lowest BCUT2D eigenvalue weighted by molar-refractivity contribution is -0.248. The van der Waals surface area contributed by atoms with Crippen LogP contribution in [0.2, 0.25) is 0 Å². The monoisotopic (exact) mass is 237 g/mol. The van der Waals surface area contributed by atoms with Crippen molar-refractivity contribution >= 4 is 5.69 Å². The van der Waals surface area contributed by atoms with Crippen LogP contribution < -0.4 is 5.73 Å². The molecule has 1 aromatic carbocycles. The van der Waals surface area contributed by atoms with Gasteiger partial charge < -0.3 is 19.9 Å². The zero-order chi connectivity index (χ0) is 12.5. The number of ether oxygens (including phenoxy) is 3. The average molecular weight is 237 g/mol. The van der Waals surface area contributed by atoms with Crippen LogP contribution in [0.3, 0.4) is 0 Å². The molecule has 0 aromatic heterocycles. The number of anilines is 1. The van der Waals surface area contributed by atoms with E-state index >= 15 is 0 Å². The molecule has 1 aliphatic heterocycles. The fraction of sp³-hybridized carbons (Fsp3) is 0.538. The van der Waals surface area contributed by atoms with E-state index in [-0.39, 0.29) is 0 Å². The van der Waals surface area contributed by atoms with Gasteiger partial charge in [0.2, 0.25) is 0 Å². The zero-order valence-corrected chi connectivity index (χ0v) is 10.5. The van der Waals surface area contributed by atoms with E-state index in [4.69, 9.17) is 19.9 Å². The third-order valence-electron chi connectivity index (χ3n) is 2.67. The standard InChI is InChI=1S/C13H19NO3/c1-12(2)16-9-13(3,17-12)15-8-10-4-6-11(14)7-5-10/h4-7H,8-9,14H2,1-3H3/t13-/m0/s1. The zero-order valence-electron chi connectivity index (χ0n) is 10.5. The van der Waals surface area contributed by atoms with Crippen LogP contribution >= 0.6 is 0 Å². The molecule has 0 saturated carbocycles. The van der Waals surface area contributed by atoms with E-state index in [9.17, 15) is 0 Å². The van der Waals surface area contributed by atoms with E-state index in [0.717, 1.165) is 11.3 Å². The molecule has 2 N–H and O–H groups in total. The van der Waals surface area contributed by atoms with E-state index in [1.807, 2.05) is 45.0 Å². The Balaban J connectivity index is 1.92. The number of benzene rings is 1. The highest BCUT2D eigenvalue weighted by Crippen LogP contribution is 2.32. The summed E-state index contributed by atoms with van der Waals surface area (Å²) in [7, 11) is 0. The molecule has 4 nitrogen and oxygen atoms in total. The van der Waals surface area contributed by atoms with E-state index in [1.54, 1.807) is 0 Å². The normalized spacial score (nSPS) is 27.2. The minimum absolute atomic E-state index is 0.439. The molecule has 0 radical (unpaired) electrons. The second-order valence-electron chi connectivity index (χ2n) is 4.95. The molecule has 0 amide bonds. The van der Waals surface area contributed by atoms with Gasteiger partial charge in [-0.15, -0.1) is 0 Å².